The number of H-pyrrole nitrogens is 1. The molecule has 0 bridgehead atoms. The second-order valence-electron chi connectivity index (χ2n) is 17.8. The van der Waals surface area contributed by atoms with Crippen LogP contribution in [0.5, 0.6) is 11.5 Å². The molecule has 16 nitrogen and oxygen atoms in total. The number of halogens is 1. The van der Waals surface area contributed by atoms with Crippen molar-refractivity contribution < 1.29 is 27.6 Å². The van der Waals surface area contributed by atoms with E-state index in [4.69, 9.17) is 21.1 Å². The predicted octanol–water partition coefficient (Wildman–Crippen LogP) is 8.15. The van der Waals surface area contributed by atoms with E-state index in [2.05, 4.69) is 60.6 Å². The molecule has 0 radical (unpaired) electrons. The highest BCUT2D eigenvalue weighted by Gasteiger charge is 2.35. The summed E-state index contributed by atoms with van der Waals surface area (Å²) in [5.41, 5.74) is 7.42. The minimum atomic E-state index is -4.70. The van der Waals surface area contributed by atoms with Gasteiger partial charge in [0.05, 0.1) is 26.6 Å². The van der Waals surface area contributed by atoms with Crippen LogP contribution in [0.25, 0.3) is 33.3 Å². The Hall–Kier alpha value is -6.82. The van der Waals surface area contributed by atoms with Gasteiger partial charge in [-0.3, -0.25) is 34.6 Å². The number of ether oxygens (including phenoxy) is 2. The predicted molar refractivity (Wildman–Crippen MR) is 251 cm³/mol. The smallest absolute Gasteiger partial charge is 0.316 e. The van der Waals surface area contributed by atoms with Gasteiger partial charge in [0.25, 0.3) is 15.9 Å². The number of aromatic amines is 1. The molecular weight excluding hydrogens is 882 g/mol. The van der Waals surface area contributed by atoms with Gasteiger partial charge in [-0.25, -0.2) is 23.1 Å². The summed E-state index contributed by atoms with van der Waals surface area (Å²) in [6.07, 6.45) is 7.87. The highest BCUT2D eigenvalue weighted by atomic mass is 35.5. The second kappa shape index (κ2) is 17.2. The molecule has 7 aromatic rings. The quantitative estimate of drug-likeness (QED) is 0.0937. The largest absolute Gasteiger partial charge is 0.485 e. The molecular formula is C48H46ClN9O7S. The molecule has 3 aliphatic rings. The summed E-state index contributed by atoms with van der Waals surface area (Å²) in [5.74, 6) is -1.28. The Balaban J connectivity index is 0.925. The van der Waals surface area contributed by atoms with E-state index >= 15 is 0 Å². The minimum absolute atomic E-state index is 0.00749. The van der Waals surface area contributed by atoms with Crippen molar-refractivity contribution in [3.05, 3.63) is 141 Å². The summed E-state index contributed by atoms with van der Waals surface area (Å²) in [4.78, 5) is 43.4. The lowest BCUT2D eigenvalue weighted by Gasteiger charge is -2.39. The van der Waals surface area contributed by atoms with Crippen LogP contribution >= 0.6 is 11.6 Å². The Morgan fingerprint density at radius 1 is 1.00 bits per heavy atom. The van der Waals surface area contributed by atoms with Gasteiger partial charge in [-0.05, 0) is 90.4 Å². The Morgan fingerprint density at radius 2 is 1.82 bits per heavy atom. The molecule has 1 saturated heterocycles. The zero-order valence-electron chi connectivity index (χ0n) is 36.2. The third-order valence-corrected chi connectivity index (χ3v) is 14.2. The van der Waals surface area contributed by atoms with Crippen LogP contribution in [0.4, 0.5) is 11.4 Å². The number of nitrogens with zero attached hydrogens (tertiary/aromatic N) is 7. The van der Waals surface area contributed by atoms with Crippen molar-refractivity contribution >= 4 is 66.5 Å². The van der Waals surface area contributed by atoms with Crippen LogP contribution in [0.15, 0.2) is 114 Å². The number of nitro groups is 1. The molecule has 1 fully saturated rings. The third kappa shape index (κ3) is 8.68. The van der Waals surface area contributed by atoms with E-state index in [1.54, 1.807) is 41.5 Å². The third-order valence-electron chi connectivity index (χ3n) is 12.7. The number of hydrogen-bond acceptors (Lipinski definition) is 12. The molecule has 66 heavy (non-hydrogen) atoms. The highest BCUT2D eigenvalue weighted by molar-refractivity contribution is 7.90. The number of allylic oxidation sites excluding steroid dienone is 1. The number of nitrogens with one attached hydrogen (secondary N) is 2. The van der Waals surface area contributed by atoms with Crippen LogP contribution in [0.3, 0.4) is 0 Å². The molecule has 0 spiro atoms. The highest BCUT2D eigenvalue weighted by Crippen LogP contribution is 2.44. The van der Waals surface area contributed by atoms with Gasteiger partial charge < -0.3 is 14.4 Å². The van der Waals surface area contributed by atoms with Gasteiger partial charge in [0.2, 0.25) is 5.75 Å². The molecule has 2 aliphatic heterocycles. The molecule has 2 N–H and O–H groups in total. The lowest BCUT2D eigenvalue weighted by Crippen LogP contribution is -2.47. The van der Waals surface area contributed by atoms with E-state index in [0.29, 0.717) is 34.5 Å². The molecule has 1 atom stereocenters. The standard InChI is InChI=1S/C48H46ClN9O7S/c1-48(2)14-12-32(39(26-48)30-6-8-33(49)9-7-30)28-55-17-19-56(20-18-55)35-10-11-38(41(23-35)57-42-21-31-13-16-51-46(31)53-40(42)27-52-57)47(59)54-66(62,63)37-24-43(58(60)61)45-44(25-37)64-29-36(65-45)22-34-5-3-4-15-50-34/h3-11,13,15-16,21,23-25,27,36,52H,12,14,17-20,22,26,28-29H2,1-2H3,(H,54,59)/t36-/m0/s1. The number of anilines is 1. The summed E-state index contributed by atoms with van der Waals surface area (Å²) in [6, 6.07) is 24.6. The molecule has 0 saturated carbocycles. The Bertz CT molecular complexity index is 3160. The fourth-order valence-electron chi connectivity index (χ4n) is 9.16. The van der Waals surface area contributed by atoms with Crippen molar-refractivity contribution in [1.29, 1.82) is 0 Å². The van der Waals surface area contributed by atoms with Gasteiger partial charge in [0.15, 0.2) is 11.4 Å². The van der Waals surface area contributed by atoms with E-state index < -0.39 is 37.5 Å². The Labute approximate surface area is 385 Å². The van der Waals surface area contributed by atoms with E-state index in [0.717, 1.165) is 80.2 Å². The molecule has 6 heterocycles. The number of carbonyl (C=O) groups is 1. The average Bonchev–Trinajstić information content (AvgIpc) is 3.95. The van der Waals surface area contributed by atoms with Crippen molar-refractivity contribution in [2.24, 2.45) is 5.41 Å². The first-order valence-electron chi connectivity index (χ1n) is 21.8. The van der Waals surface area contributed by atoms with Gasteiger partial charge in [-0.2, -0.15) is 0 Å². The number of nitro benzene ring substituents is 1. The maximum absolute atomic E-state index is 14.3. The van der Waals surface area contributed by atoms with E-state index in [-0.39, 0.29) is 29.1 Å². The molecule has 338 valence electrons. The summed E-state index contributed by atoms with van der Waals surface area (Å²) < 4.78 is 43.7. The number of carbonyl (C=O) groups excluding carboxylic acids is 1. The lowest BCUT2D eigenvalue weighted by molar-refractivity contribution is -0.386. The van der Waals surface area contributed by atoms with Crippen molar-refractivity contribution in [2.45, 2.75) is 50.5 Å². The molecule has 4 aromatic heterocycles. The number of aromatic nitrogens is 5. The number of piperazine rings is 1. The zero-order valence-corrected chi connectivity index (χ0v) is 37.8. The van der Waals surface area contributed by atoms with Gasteiger partial charge in [-0.1, -0.05) is 49.2 Å². The van der Waals surface area contributed by atoms with Gasteiger partial charge >= 0.3 is 5.69 Å². The molecule has 18 heteroatoms. The van der Waals surface area contributed by atoms with Crippen LogP contribution < -0.4 is 19.1 Å². The lowest BCUT2D eigenvalue weighted by atomic mass is 9.72. The van der Waals surface area contributed by atoms with E-state index in [1.165, 1.54) is 16.7 Å². The van der Waals surface area contributed by atoms with E-state index in [9.17, 15) is 23.3 Å². The first-order valence-corrected chi connectivity index (χ1v) is 23.6. The van der Waals surface area contributed by atoms with Crippen LogP contribution in [0, 0.1) is 15.5 Å². The number of benzene rings is 3. The first kappa shape index (κ1) is 43.1. The van der Waals surface area contributed by atoms with Crippen molar-refractivity contribution in [3.8, 4) is 17.2 Å². The number of amides is 1. The maximum atomic E-state index is 14.3. The fraction of sp³-hybridized carbons (Fsp3) is 0.292. The molecule has 3 aromatic carbocycles. The van der Waals surface area contributed by atoms with Gasteiger partial charge in [0.1, 0.15) is 18.2 Å². The topological polar surface area (TPSA) is 191 Å². The SMILES string of the molecule is CC1(C)CCC(CN2CCN(c3ccc(C(=O)NS(=O)(=O)c4cc5c(c([N+](=O)[O-])c4)O[C@@H](Cc4ccccn4)CO5)c(-n4[nH]cc5nc6nccc6cc54)c3)CC2)=C(c2ccc(Cl)cc2)C1. The number of hydrogen-bond donors (Lipinski definition) is 2. The van der Waals surface area contributed by atoms with Crippen LogP contribution in [0.2, 0.25) is 5.02 Å². The van der Waals surface area contributed by atoms with Crippen LogP contribution in [-0.4, -0.2) is 94.3 Å². The Kier molecular flexibility index (Phi) is 11.2. The number of sulfonamides is 1. The van der Waals surface area contributed by atoms with Crippen LogP contribution in [-0.2, 0) is 16.4 Å². The van der Waals surface area contributed by atoms with E-state index in [1.807, 2.05) is 42.5 Å². The fourth-order valence-corrected chi connectivity index (χ4v) is 10.3. The molecule has 1 aliphatic carbocycles. The number of pyridine rings is 2. The van der Waals surface area contributed by atoms with Gasteiger partial charge in [-0.15, -0.1) is 0 Å². The summed E-state index contributed by atoms with van der Waals surface area (Å²) in [6.45, 7) is 8.60. The average molecular weight is 928 g/mol. The summed E-state index contributed by atoms with van der Waals surface area (Å²) in [7, 11) is -4.70. The monoisotopic (exact) mass is 927 g/mol. The molecule has 10 rings (SSSR count). The van der Waals surface area contributed by atoms with Crippen molar-refractivity contribution in [2.75, 3.05) is 44.2 Å². The number of fused-ring (bicyclic) bond motifs is 3. The minimum Gasteiger partial charge on any atom is -0.485 e. The summed E-state index contributed by atoms with van der Waals surface area (Å²) >= 11 is 6.26. The molecule has 0 unspecified atom stereocenters. The molecule has 1 amide bonds. The normalized spacial score (nSPS) is 17.6. The zero-order chi connectivity index (χ0) is 45.7. The maximum Gasteiger partial charge on any atom is 0.316 e. The van der Waals surface area contributed by atoms with Crippen LogP contribution in [0.1, 0.15) is 54.7 Å². The Morgan fingerprint density at radius 3 is 2.59 bits per heavy atom. The number of rotatable bonds is 11. The van der Waals surface area contributed by atoms with Crippen molar-refractivity contribution in [1.82, 2.24) is 34.4 Å². The van der Waals surface area contributed by atoms with Crippen molar-refractivity contribution in [3.63, 3.8) is 0 Å². The first-order chi connectivity index (χ1) is 31.8. The summed E-state index contributed by atoms with van der Waals surface area (Å²) in [5, 5.41) is 17.0. The van der Waals surface area contributed by atoms with Gasteiger partial charge in [0, 0.05) is 91.7 Å². The second-order valence-corrected chi connectivity index (χ2v) is 19.9.